The van der Waals surface area contributed by atoms with Crippen LogP contribution in [-0.4, -0.2) is 0 Å². The minimum absolute atomic E-state index is 0.758. The van der Waals surface area contributed by atoms with Gasteiger partial charge in [-0.25, -0.2) is 0 Å². The normalized spacial score (nSPS) is 13.4. The molecular formula is C16H15BrClN. The zero-order valence-corrected chi connectivity index (χ0v) is 12.9. The van der Waals surface area contributed by atoms with Gasteiger partial charge in [0.25, 0.3) is 0 Å². The first-order chi connectivity index (χ1) is 9.22. The zero-order valence-electron chi connectivity index (χ0n) is 10.5. The van der Waals surface area contributed by atoms with Crippen LogP contribution in [0.15, 0.2) is 40.9 Å². The third-order valence-corrected chi connectivity index (χ3v) is 4.81. The number of aryl methyl sites for hydroxylation is 2. The van der Waals surface area contributed by atoms with Crippen LogP contribution >= 0.6 is 27.5 Å². The molecule has 3 heteroatoms. The molecule has 1 aliphatic rings. The molecule has 2 aromatic rings. The van der Waals surface area contributed by atoms with Crippen molar-refractivity contribution < 1.29 is 0 Å². The highest BCUT2D eigenvalue weighted by molar-refractivity contribution is 9.10. The Hall–Kier alpha value is -0.990. The molecule has 1 aliphatic carbocycles. The van der Waals surface area contributed by atoms with E-state index >= 15 is 0 Å². The van der Waals surface area contributed by atoms with Crippen LogP contribution in [0.25, 0.3) is 0 Å². The molecule has 0 unspecified atom stereocenters. The molecule has 0 fully saturated rings. The van der Waals surface area contributed by atoms with Crippen LogP contribution < -0.4 is 5.32 Å². The first-order valence-corrected chi connectivity index (χ1v) is 7.69. The van der Waals surface area contributed by atoms with Gasteiger partial charge >= 0.3 is 0 Å². The van der Waals surface area contributed by atoms with E-state index < -0.39 is 0 Å². The first kappa shape index (κ1) is 13.0. The van der Waals surface area contributed by atoms with Crippen LogP contribution in [0.1, 0.15) is 23.1 Å². The summed E-state index contributed by atoms with van der Waals surface area (Å²) in [7, 11) is 0. The van der Waals surface area contributed by atoms with E-state index in [1.807, 2.05) is 12.1 Å². The molecule has 0 amide bonds. The lowest BCUT2D eigenvalue weighted by Gasteiger charge is -2.09. The van der Waals surface area contributed by atoms with Gasteiger partial charge in [-0.1, -0.05) is 23.7 Å². The van der Waals surface area contributed by atoms with E-state index in [-0.39, 0.29) is 0 Å². The summed E-state index contributed by atoms with van der Waals surface area (Å²) in [5.41, 5.74) is 5.39. The van der Waals surface area contributed by atoms with Crippen molar-refractivity contribution in [2.24, 2.45) is 0 Å². The molecule has 0 spiro atoms. The molecule has 1 nitrogen and oxygen atoms in total. The Kier molecular flexibility index (Phi) is 3.81. The molecule has 0 radical (unpaired) electrons. The van der Waals surface area contributed by atoms with Crippen molar-refractivity contribution in [2.45, 2.75) is 25.8 Å². The van der Waals surface area contributed by atoms with Gasteiger partial charge < -0.3 is 5.32 Å². The fourth-order valence-corrected chi connectivity index (χ4v) is 2.99. The monoisotopic (exact) mass is 335 g/mol. The second-order valence-corrected chi connectivity index (χ2v) is 6.20. The van der Waals surface area contributed by atoms with E-state index in [0.717, 1.165) is 16.0 Å². The third kappa shape index (κ3) is 2.96. The smallest absolute Gasteiger partial charge is 0.0551 e. The lowest BCUT2D eigenvalue weighted by Crippen LogP contribution is -2.00. The molecule has 0 bridgehead atoms. The number of hydrogen-bond acceptors (Lipinski definition) is 1. The van der Waals surface area contributed by atoms with E-state index in [2.05, 4.69) is 45.5 Å². The van der Waals surface area contributed by atoms with E-state index in [4.69, 9.17) is 11.6 Å². The number of fused-ring (bicyclic) bond motifs is 1. The van der Waals surface area contributed by atoms with Gasteiger partial charge in [0.1, 0.15) is 0 Å². The Morgan fingerprint density at radius 2 is 1.89 bits per heavy atom. The van der Waals surface area contributed by atoms with E-state index in [9.17, 15) is 0 Å². The van der Waals surface area contributed by atoms with E-state index in [0.29, 0.717) is 0 Å². The molecule has 0 saturated heterocycles. The molecule has 0 heterocycles. The van der Waals surface area contributed by atoms with Crippen molar-refractivity contribution in [1.29, 1.82) is 0 Å². The Labute approximate surface area is 127 Å². The SMILES string of the molecule is Clc1cc(CNc2ccc3c(c2)CCC3)ccc1Br. The Bertz CT molecular complexity index is 610. The highest BCUT2D eigenvalue weighted by Gasteiger charge is 2.10. The summed E-state index contributed by atoms with van der Waals surface area (Å²) in [6.07, 6.45) is 3.74. The van der Waals surface area contributed by atoms with Gasteiger partial charge in [0, 0.05) is 16.7 Å². The summed E-state index contributed by atoms with van der Waals surface area (Å²) < 4.78 is 0.940. The summed E-state index contributed by atoms with van der Waals surface area (Å²) in [5, 5.41) is 4.22. The molecule has 3 rings (SSSR count). The average Bonchev–Trinajstić information content (AvgIpc) is 2.87. The lowest BCUT2D eigenvalue weighted by atomic mass is 10.1. The van der Waals surface area contributed by atoms with Gasteiger partial charge in [0.2, 0.25) is 0 Å². The van der Waals surface area contributed by atoms with E-state index in [1.165, 1.54) is 41.6 Å². The van der Waals surface area contributed by atoms with Gasteiger partial charge in [-0.05, 0) is 76.1 Å². The number of halogens is 2. The summed E-state index contributed by atoms with van der Waals surface area (Å²) in [5.74, 6) is 0. The maximum atomic E-state index is 6.10. The predicted molar refractivity (Wildman–Crippen MR) is 84.9 cm³/mol. The average molecular weight is 337 g/mol. The Balaban J connectivity index is 1.70. The Morgan fingerprint density at radius 3 is 2.74 bits per heavy atom. The maximum Gasteiger partial charge on any atom is 0.0551 e. The lowest BCUT2D eigenvalue weighted by molar-refractivity contribution is 0.912. The largest absolute Gasteiger partial charge is 0.381 e. The summed E-state index contributed by atoms with van der Waals surface area (Å²) in [4.78, 5) is 0. The van der Waals surface area contributed by atoms with Crippen LogP contribution in [0.4, 0.5) is 5.69 Å². The fraction of sp³-hybridized carbons (Fsp3) is 0.250. The molecule has 19 heavy (non-hydrogen) atoms. The van der Waals surface area contributed by atoms with Crippen molar-refractivity contribution in [3.05, 3.63) is 62.6 Å². The number of benzene rings is 2. The molecule has 2 aromatic carbocycles. The van der Waals surface area contributed by atoms with Gasteiger partial charge in [-0.3, -0.25) is 0 Å². The predicted octanol–water partition coefficient (Wildman–Crippen LogP) is 5.20. The molecule has 0 atom stereocenters. The number of hydrogen-bond donors (Lipinski definition) is 1. The highest BCUT2D eigenvalue weighted by Crippen LogP contribution is 2.26. The molecular weight excluding hydrogens is 322 g/mol. The van der Waals surface area contributed by atoms with Crippen LogP contribution in [0.3, 0.4) is 0 Å². The van der Waals surface area contributed by atoms with Crippen molar-refractivity contribution in [3.8, 4) is 0 Å². The van der Waals surface area contributed by atoms with Crippen LogP contribution in [0.5, 0.6) is 0 Å². The van der Waals surface area contributed by atoms with E-state index in [1.54, 1.807) is 0 Å². The van der Waals surface area contributed by atoms with Crippen LogP contribution in [-0.2, 0) is 19.4 Å². The van der Waals surface area contributed by atoms with Gasteiger partial charge in [-0.2, -0.15) is 0 Å². The molecule has 0 aromatic heterocycles. The fourth-order valence-electron chi connectivity index (χ4n) is 2.54. The summed E-state index contributed by atoms with van der Waals surface area (Å²) in [6, 6.07) is 12.8. The van der Waals surface area contributed by atoms with Gasteiger partial charge in [0.15, 0.2) is 0 Å². The molecule has 0 saturated carbocycles. The topological polar surface area (TPSA) is 12.0 Å². The number of anilines is 1. The third-order valence-electron chi connectivity index (χ3n) is 3.58. The maximum absolute atomic E-state index is 6.10. The zero-order chi connectivity index (χ0) is 13.2. The van der Waals surface area contributed by atoms with Gasteiger partial charge in [0.05, 0.1) is 5.02 Å². The second kappa shape index (κ2) is 5.56. The minimum Gasteiger partial charge on any atom is -0.381 e. The Morgan fingerprint density at radius 1 is 1.05 bits per heavy atom. The summed E-state index contributed by atoms with van der Waals surface area (Å²) >= 11 is 9.50. The highest BCUT2D eigenvalue weighted by atomic mass is 79.9. The molecule has 98 valence electrons. The molecule has 1 N–H and O–H groups in total. The van der Waals surface area contributed by atoms with Crippen molar-refractivity contribution in [2.75, 3.05) is 5.32 Å². The quantitative estimate of drug-likeness (QED) is 0.812. The standard InChI is InChI=1S/C16H15BrClN/c17-15-7-4-11(8-16(15)18)10-19-14-6-5-12-2-1-3-13(12)9-14/h4-9,19H,1-3,10H2. The van der Waals surface area contributed by atoms with Crippen LogP contribution in [0, 0.1) is 0 Å². The van der Waals surface area contributed by atoms with Crippen molar-refractivity contribution in [3.63, 3.8) is 0 Å². The minimum atomic E-state index is 0.758. The van der Waals surface area contributed by atoms with Crippen molar-refractivity contribution in [1.82, 2.24) is 0 Å². The van der Waals surface area contributed by atoms with Gasteiger partial charge in [-0.15, -0.1) is 0 Å². The molecule has 0 aliphatic heterocycles. The number of nitrogens with one attached hydrogen (secondary N) is 1. The number of rotatable bonds is 3. The first-order valence-electron chi connectivity index (χ1n) is 6.52. The summed E-state index contributed by atoms with van der Waals surface area (Å²) in [6.45, 7) is 0.797. The van der Waals surface area contributed by atoms with Crippen molar-refractivity contribution >= 4 is 33.2 Å². The second-order valence-electron chi connectivity index (χ2n) is 4.94. The van der Waals surface area contributed by atoms with Crippen LogP contribution in [0.2, 0.25) is 5.02 Å².